The lowest BCUT2D eigenvalue weighted by atomic mass is 10.3. The number of nitrogens with one attached hydrogen (secondary N) is 1. The fourth-order valence-electron chi connectivity index (χ4n) is 1.76. The number of hydrogen-bond donors (Lipinski definition) is 2. The third-order valence-electron chi connectivity index (χ3n) is 2.57. The molecule has 0 saturated heterocycles. The van der Waals surface area contributed by atoms with Gasteiger partial charge < -0.3 is 4.74 Å². The summed E-state index contributed by atoms with van der Waals surface area (Å²) in [6, 6.07) is 11.5. The Hall–Kier alpha value is -2.18. The highest BCUT2D eigenvalue weighted by Gasteiger charge is 2.12. The lowest BCUT2D eigenvalue weighted by molar-refractivity contribution is 0.469. The molecule has 6 heteroatoms. The SMILES string of the molecule is Cc1cc2c(Oc3ccccc3)nc(NN)nc2s1. The molecule has 2 heterocycles. The molecule has 3 aromatic rings. The van der Waals surface area contributed by atoms with Crippen molar-refractivity contribution in [1.82, 2.24) is 9.97 Å². The molecule has 0 amide bonds. The number of hydrogen-bond acceptors (Lipinski definition) is 6. The van der Waals surface area contributed by atoms with Gasteiger partial charge in [0, 0.05) is 4.88 Å². The Labute approximate surface area is 114 Å². The number of nitrogens with zero attached hydrogens (tertiary/aromatic N) is 2. The lowest BCUT2D eigenvalue weighted by Crippen LogP contribution is -2.10. The maximum absolute atomic E-state index is 5.81. The third-order valence-corrected chi connectivity index (χ3v) is 3.51. The van der Waals surface area contributed by atoms with Crippen molar-refractivity contribution in [3.8, 4) is 11.6 Å². The lowest BCUT2D eigenvalue weighted by Gasteiger charge is -2.07. The number of para-hydroxylation sites is 1. The molecule has 1 aromatic carbocycles. The second-order valence-electron chi connectivity index (χ2n) is 3.99. The molecule has 0 spiro atoms. The quantitative estimate of drug-likeness (QED) is 0.566. The van der Waals surface area contributed by atoms with Crippen molar-refractivity contribution in [2.75, 3.05) is 5.43 Å². The number of benzene rings is 1. The first kappa shape index (κ1) is 11.9. The zero-order valence-corrected chi connectivity index (χ0v) is 11.1. The van der Waals surface area contributed by atoms with Crippen LogP contribution in [0.5, 0.6) is 11.6 Å². The summed E-state index contributed by atoms with van der Waals surface area (Å²) in [5, 5.41) is 0.894. The molecule has 3 N–H and O–H groups in total. The standard InChI is InChI=1S/C13H12N4OS/c1-8-7-10-11(18-9-5-3-2-4-6-9)15-13(17-14)16-12(10)19-8/h2-7H,14H2,1H3,(H,15,16,17). The minimum atomic E-state index is 0.347. The van der Waals surface area contributed by atoms with Crippen LogP contribution in [0.4, 0.5) is 5.95 Å². The number of anilines is 1. The van der Waals surface area contributed by atoms with Gasteiger partial charge in [-0.25, -0.2) is 10.8 Å². The van der Waals surface area contributed by atoms with Gasteiger partial charge in [0.05, 0.1) is 5.39 Å². The molecular weight excluding hydrogens is 260 g/mol. The molecule has 0 saturated carbocycles. The van der Waals surface area contributed by atoms with Crippen LogP contribution in [0.25, 0.3) is 10.2 Å². The van der Waals surface area contributed by atoms with E-state index in [4.69, 9.17) is 10.6 Å². The largest absolute Gasteiger partial charge is 0.438 e. The number of hydrazine groups is 1. The van der Waals surface area contributed by atoms with E-state index in [2.05, 4.69) is 15.4 Å². The molecule has 3 rings (SSSR count). The Balaban J connectivity index is 2.10. The summed E-state index contributed by atoms with van der Waals surface area (Å²) in [5.74, 6) is 6.97. The number of thiophene rings is 1. The van der Waals surface area contributed by atoms with Crippen molar-refractivity contribution in [3.05, 3.63) is 41.3 Å². The van der Waals surface area contributed by atoms with E-state index in [1.165, 1.54) is 0 Å². The van der Waals surface area contributed by atoms with E-state index in [9.17, 15) is 0 Å². The van der Waals surface area contributed by atoms with Gasteiger partial charge in [-0.1, -0.05) is 18.2 Å². The molecule has 0 aliphatic heterocycles. The molecule has 0 radical (unpaired) electrons. The number of fused-ring (bicyclic) bond motifs is 1. The van der Waals surface area contributed by atoms with Gasteiger partial charge in [0.1, 0.15) is 10.6 Å². The summed E-state index contributed by atoms with van der Waals surface area (Å²) in [7, 11) is 0. The average Bonchev–Trinajstić information content (AvgIpc) is 2.80. The first-order chi connectivity index (χ1) is 9.26. The van der Waals surface area contributed by atoms with E-state index in [0.717, 1.165) is 20.8 Å². The summed E-state index contributed by atoms with van der Waals surface area (Å²) in [6.45, 7) is 2.02. The Morgan fingerprint density at radius 1 is 1.21 bits per heavy atom. The molecule has 0 aliphatic rings. The first-order valence-electron chi connectivity index (χ1n) is 5.74. The van der Waals surface area contributed by atoms with E-state index in [-0.39, 0.29) is 0 Å². The van der Waals surface area contributed by atoms with E-state index in [1.54, 1.807) is 11.3 Å². The van der Waals surface area contributed by atoms with E-state index in [0.29, 0.717) is 11.8 Å². The normalized spacial score (nSPS) is 10.6. The van der Waals surface area contributed by atoms with Crippen LogP contribution >= 0.6 is 11.3 Å². The predicted molar refractivity (Wildman–Crippen MR) is 76.5 cm³/mol. The fourth-order valence-corrected chi connectivity index (χ4v) is 2.63. The van der Waals surface area contributed by atoms with Crippen molar-refractivity contribution in [1.29, 1.82) is 0 Å². The zero-order chi connectivity index (χ0) is 13.2. The van der Waals surface area contributed by atoms with Crippen LogP contribution in [0.2, 0.25) is 0 Å². The van der Waals surface area contributed by atoms with Crippen LogP contribution in [0, 0.1) is 6.92 Å². The van der Waals surface area contributed by atoms with Crippen LogP contribution in [-0.2, 0) is 0 Å². The Bertz CT molecular complexity index is 711. The van der Waals surface area contributed by atoms with Gasteiger partial charge in [-0.05, 0) is 25.1 Å². The van der Waals surface area contributed by atoms with E-state index >= 15 is 0 Å². The number of ether oxygens (including phenoxy) is 1. The summed E-state index contributed by atoms with van der Waals surface area (Å²) >= 11 is 1.58. The molecule has 5 nitrogen and oxygen atoms in total. The molecule has 0 bridgehead atoms. The number of rotatable bonds is 3. The second-order valence-corrected chi connectivity index (χ2v) is 5.22. The summed E-state index contributed by atoms with van der Waals surface area (Å²) in [6.07, 6.45) is 0. The molecule has 2 aromatic heterocycles. The van der Waals surface area contributed by atoms with Crippen LogP contribution in [0.3, 0.4) is 0 Å². The van der Waals surface area contributed by atoms with E-state index < -0.39 is 0 Å². The minimum absolute atomic E-state index is 0.347. The molecule has 0 atom stereocenters. The highest BCUT2D eigenvalue weighted by atomic mass is 32.1. The number of nitrogens with two attached hydrogens (primary N) is 1. The topological polar surface area (TPSA) is 73.1 Å². The molecule has 19 heavy (non-hydrogen) atoms. The fraction of sp³-hybridized carbons (Fsp3) is 0.0769. The molecule has 0 aliphatic carbocycles. The number of aryl methyl sites for hydroxylation is 1. The zero-order valence-electron chi connectivity index (χ0n) is 10.3. The van der Waals surface area contributed by atoms with Gasteiger partial charge in [0.15, 0.2) is 0 Å². The summed E-state index contributed by atoms with van der Waals surface area (Å²) < 4.78 is 5.81. The third kappa shape index (κ3) is 2.35. The van der Waals surface area contributed by atoms with Crippen molar-refractivity contribution in [2.24, 2.45) is 5.84 Å². The van der Waals surface area contributed by atoms with E-state index in [1.807, 2.05) is 43.3 Å². The molecule has 0 unspecified atom stereocenters. The van der Waals surface area contributed by atoms with Gasteiger partial charge in [0.2, 0.25) is 11.8 Å². The first-order valence-corrected chi connectivity index (χ1v) is 6.55. The monoisotopic (exact) mass is 272 g/mol. The van der Waals surface area contributed by atoms with Gasteiger partial charge in [-0.15, -0.1) is 11.3 Å². The Morgan fingerprint density at radius 2 is 2.00 bits per heavy atom. The van der Waals surface area contributed by atoms with Crippen LogP contribution in [-0.4, -0.2) is 9.97 Å². The highest BCUT2D eigenvalue weighted by molar-refractivity contribution is 7.18. The van der Waals surface area contributed by atoms with Crippen LogP contribution in [0.1, 0.15) is 4.88 Å². The van der Waals surface area contributed by atoms with Crippen molar-refractivity contribution in [3.63, 3.8) is 0 Å². The van der Waals surface area contributed by atoms with Crippen LogP contribution in [0.15, 0.2) is 36.4 Å². The maximum atomic E-state index is 5.81. The summed E-state index contributed by atoms with van der Waals surface area (Å²) in [5.41, 5.74) is 2.46. The Morgan fingerprint density at radius 3 is 2.74 bits per heavy atom. The Kier molecular flexibility index (Phi) is 3.02. The van der Waals surface area contributed by atoms with Crippen LogP contribution < -0.4 is 16.0 Å². The van der Waals surface area contributed by atoms with Gasteiger partial charge in [-0.3, -0.25) is 5.43 Å². The predicted octanol–water partition coefficient (Wildman–Crippen LogP) is 3.08. The average molecular weight is 272 g/mol. The molecular formula is C13H12N4OS. The van der Waals surface area contributed by atoms with Gasteiger partial charge in [0.25, 0.3) is 0 Å². The van der Waals surface area contributed by atoms with Crippen molar-refractivity contribution >= 4 is 27.5 Å². The number of aromatic nitrogens is 2. The van der Waals surface area contributed by atoms with Gasteiger partial charge in [-0.2, -0.15) is 4.98 Å². The van der Waals surface area contributed by atoms with Gasteiger partial charge >= 0.3 is 0 Å². The van der Waals surface area contributed by atoms with Crippen molar-refractivity contribution in [2.45, 2.75) is 6.92 Å². The second kappa shape index (κ2) is 4.83. The molecule has 96 valence electrons. The summed E-state index contributed by atoms with van der Waals surface area (Å²) in [4.78, 5) is 10.6. The smallest absolute Gasteiger partial charge is 0.241 e. The van der Waals surface area contributed by atoms with Crippen molar-refractivity contribution < 1.29 is 4.74 Å². The molecule has 0 fully saturated rings. The highest BCUT2D eigenvalue weighted by Crippen LogP contribution is 2.33. The number of nitrogen functional groups attached to an aromatic ring is 1. The maximum Gasteiger partial charge on any atom is 0.241 e. The minimum Gasteiger partial charge on any atom is -0.438 e.